The van der Waals surface area contributed by atoms with Gasteiger partial charge in [-0.1, -0.05) is 0 Å². The molecule has 10 nitrogen and oxygen atoms in total. The van der Waals surface area contributed by atoms with Crippen molar-refractivity contribution in [1.29, 1.82) is 0 Å². The minimum Gasteiger partial charge on any atom is -0.368 e. The van der Waals surface area contributed by atoms with Crippen molar-refractivity contribution < 1.29 is 18.0 Å². The molecule has 120 valence electrons. The molecule has 1 aromatic rings. The van der Waals surface area contributed by atoms with Crippen LogP contribution in [-0.2, 0) is 16.6 Å². The Morgan fingerprint density at radius 2 is 2.09 bits per heavy atom. The van der Waals surface area contributed by atoms with Gasteiger partial charge in [-0.3, -0.25) is 0 Å². The Bertz CT molecular complexity index is 699. The second-order valence-electron chi connectivity index (χ2n) is 4.79. The molecule has 0 unspecified atom stereocenters. The van der Waals surface area contributed by atoms with Crippen LogP contribution in [0.5, 0.6) is 0 Å². The van der Waals surface area contributed by atoms with Gasteiger partial charge in [0, 0.05) is 5.69 Å². The number of sulfonamides is 1. The summed E-state index contributed by atoms with van der Waals surface area (Å²) in [5.74, 6) is 0.0877. The lowest BCUT2D eigenvalue weighted by Gasteiger charge is -2.16. The van der Waals surface area contributed by atoms with Gasteiger partial charge in [-0.2, -0.15) is 0 Å². The fourth-order valence-corrected chi connectivity index (χ4v) is 2.82. The van der Waals surface area contributed by atoms with Gasteiger partial charge in [0.2, 0.25) is 16.0 Å². The highest BCUT2D eigenvalue weighted by Crippen LogP contribution is 2.12. The van der Waals surface area contributed by atoms with Crippen LogP contribution in [-0.4, -0.2) is 59.0 Å². The van der Waals surface area contributed by atoms with Gasteiger partial charge in [-0.15, -0.1) is 0 Å². The molecule has 1 aliphatic heterocycles. The number of nitrogen functional groups attached to an aromatic ring is 1. The van der Waals surface area contributed by atoms with Crippen molar-refractivity contribution in [2.45, 2.75) is 13.5 Å². The van der Waals surface area contributed by atoms with Crippen LogP contribution in [0.3, 0.4) is 0 Å². The maximum atomic E-state index is 12.0. The zero-order valence-corrected chi connectivity index (χ0v) is 12.9. The van der Waals surface area contributed by atoms with Gasteiger partial charge in [0.15, 0.2) is 0 Å². The summed E-state index contributed by atoms with van der Waals surface area (Å²) in [7, 11) is -3.67. The molecule has 0 spiro atoms. The summed E-state index contributed by atoms with van der Waals surface area (Å²) >= 11 is 0. The summed E-state index contributed by atoms with van der Waals surface area (Å²) in [6.07, 6.45) is 0.915. The lowest BCUT2D eigenvalue weighted by Crippen LogP contribution is -2.43. The highest BCUT2D eigenvalue weighted by molar-refractivity contribution is 7.88. The topological polar surface area (TPSA) is 139 Å². The zero-order chi connectivity index (χ0) is 16.5. The van der Waals surface area contributed by atoms with Crippen LogP contribution in [0.4, 0.5) is 15.5 Å². The number of aromatic nitrogens is 2. The molecule has 0 aromatic carbocycles. The van der Waals surface area contributed by atoms with Gasteiger partial charge in [0.1, 0.15) is 0 Å². The van der Waals surface area contributed by atoms with Crippen LogP contribution < -0.4 is 11.1 Å². The number of carbonyl (C=O) groups is 2. The summed E-state index contributed by atoms with van der Waals surface area (Å²) in [6.45, 7) is 1.74. The molecule has 0 atom stereocenters. The number of nitrogens with zero attached hydrogens (tertiary/aromatic N) is 4. The third kappa shape index (κ3) is 3.42. The predicted molar refractivity (Wildman–Crippen MR) is 77.1 cm³/mol. The second-order valence-corrected chi connectivity index (χ2v) is 6.69. The van der Waals surface area contributed by atoms with E-state index in [2.05, 4.69) is 15.3 Å². The number of nitrogens with two attached hydrogens (primary N) is 1. The molecule has 4 amide bonds. The number of hydrogen-bond acceptors (Lipinski definition) is 7. The van der Waals surface area contributed by atoms with Gasteiger partial charge in [0.05, 0.1) is 31.6 Å². The third-order valence-electron chi connectivity index (χ3n) is 2.96. The van der Waals surface area contributed by atoms with E-state index in [0.717, 1.165) is 11.2 Å². The van der Waals surface area contributed by atoms with E-state index >= 15 is 0 Å². The molecule has 1 aliphatic rings. The Balaban J connectivity index is 2.00. The number of amides is 4. The SMILES string of the molecule is Cc1cc(CNC(=O)N2CCN(S(C)(=O)=O)C2=O)nc(N)n1. The number of rotatable bonds is 3. The number of carbonyl (C=O) groups excluding carboxylic acids is 2. The monoisotopic (exact) mass is 328 g/mol. The van der Waals surface area contributed by atoms with E-state index in [1.165, 1.54) is 0 Å². The molecule has 3 N–H and O–H groups in total. The van der Waals surface area contributed by atoms with Crippen LogP contribution in [0.15, 0.2) is 6.07 Å². The number of urea groups is 2. The first kappa shape index (κ1) is 15.9. The molecule has 1 aromatic heterocycles. The Morgan fingerprint density at radius 1 is 1.41 bits per heavy atom. The minimum absolute atomic E-state index is 0.00266. The molecule has 0 radical (unpaired) electrons. The van der Waals surface area contributed by atoms with E-state index in [1.807, 2.05) is 0 Å². The molecule has 22 heavy (non-hydrogen) atoms. The minimum atomic E-state index is -3.67. The van der Waals surface area contributed by atoms with Gasteiger partial charge < -0.3 is 11.1 Å². The maximum absolute atomic E-state index is 12.0. The second kappa shape index (κ2) is 5.75. The fourth-order valence-electron chi connectivity index (χ4n) is 2.02. The molecule has 2 heterocycles. The first-order valence-corrected chi connectivity index (χ1v) is 8.20. The number of hydrogen-bond donors (Lipinski definition) is 2. The van der Waals surface area contributed by atoms with E-state index in [1.54, 1.807) is 13.0 Å². The molecule has 1 fully saturated rings. The summed E-state index contributed by atoms with van der Waals surface area (Å²) in [6, 6.07) is 0.0926. The first-order chi connectivity index (χ1) is 10.2. The molecule has 2 rings (SSSR count). The number of anilines is 1. The zero-order valence-electron chi connectivity index (χ0n) is 12.1. The molecule has 0 saturated carbocycles. The summed E-state index contributed by atoms with van der Waals surface area (Å²) < 4.78 is 23.4. The lowest BCUT2D eigenvalue weighted by molar-refractivity contribution is 0.193. The molecule has 0 bridgehead atoms. The Labute approximate surface area is 127 Å². The van der Waals surface area contributed by atoms with Crippen LogP contribution in [0.2, 0.25) is 0 Å². The Morgan fingerprint density at radius 3 is 2.64 bits per heavy atom. The molecule has 0 aliphatic carbocycles. The van der Waals surface area contributed by atoms with Crippen molar-refractivity contribution in [2.24, 2.45) is 0 Å². The van der Waals surface area contributed by atoms with E-state index in [9.17, 15) is 18.0 Å². The largest absolute Gasteiger partial charge is 0.368 e. The van der Waals surface area contributed by atoms with Crippen molar-refractivity contribution in [1.82, 2.24) is 24.5 Å². The van der Waals surface area contributed by atoms with Gasteiger partial charge >= 0.3 is 12.1 Å². The first-order valence-electron chi connectivity index (χ1n) is 6.35. The van der Waals surface area contributed by atoms with E-state index in [4.69, 9.17) is 5.73 Å². The smallest absolute Gasteiger partial charge is 0.341 e. The molecular weight excluding hydrogens is 312 g/mol. The van der Waals surface area contributed by atoms with E-state index in [-0.39, 0.29) is 25.6 Å². The van der Waals surface area contributed by atoms with Gasteiger partial charge in [-0.25, -0.2) is 37.2 Å². The van der Waals surface area contributed by atoms with Crippen molar-refractivity contribution in [2.75, 3.05) is 25.1 Å². The molecule has 11 heteroatoms. The fraction of sp³-hybridized carbons (Fsp3) is 0.455. The highest BCUT2D eigenvalue weighted by Gasteiger charge is 2.37. The van der Waals surface area contributed by atoms with Crippen LogP contribution in [0.1, 0.15) is 11.4 Å². The summed E-state index contributed by atoms with van der Waals surface area (Å²) in [5, 5.41) is 2.50. The maximum Gasteiger partial charge on any atom is 0.341 e. The normalized spacial score (nSPS) is 15.3. The average Bonchev–Trinajstić information content (AvgIpc) is 2.76. The van der Waals surface area contributed by atoms with E-state index in [0.29, 0.717) is 15.7 Å². The molecular formula is C11H16N6O4S. The lowest BCUT2D eigenvalue weighted by atomic mass is 10.3. The Kier molecular flexibility index (Phi) is 4.17. The predicted octanol–water partition coefficient (Wildman–Crippen LogP) is -0.726. The summed E-state index contributed by atoms with van der Waals surface area (Å²) in [4.78, 5) is 32.5. The van der Waals surface area contributed by atoms with Gasteiger partial charge in [-0.05, 0) is 13.0 Å². The third-order valence-corrected chi connectivity index (χ3v) is 4.10. The van der Waals surface area contributed by atoms with Crippen molar-refractivity contribution in [3.8, 4) is 0 Å². The average molecular weight is 328 g/mol. The standard InChI is InChI=1S/C11H16N6O4S/c1-7-5-8(15-9(12)14-7)6-13-10(18)16-3-4-17(11(16)19)22(2,20)21/h5H,3-4,6H2,1-2H3,(H,13,18)(H2,12,14,15). The highest BCUT2D eigenvalue weighted by atomic mass is 32.2. The number of aryl methyl sites for hydroxylation is 1. The van der Waals surface area contributed by atoms with Gasteiger partial charge in [0.25, 0.3) is 0 Å². The summed E-state index contributed by atoms with van der Waals surface area (Å²) in [5.41, 5.74) is 6.64. The van der Waals surface area contributed by atoms with Crippen LogP contribution >= 0.6 is 0 Å². The van der Waals surface area contributed by atoms with Crippen LogP contribution in [0.25, 0.3) is 0 Å². The van der Waals surface area contributed by atoms with Crippen LogP contribution in [0, 0.1) is 6.92 Å². The quantitative estimate of drug-likeness (QED) is 0.746. The van der Waals surface area contributed by atoms with Crippen molar-refractivity contribution >= 4 is 28.0 Å². The number of imide groups is 1. The Hall–Kier alpha value is -2.43. The van der Waals surface area contributed by atoms with E-state index < -0.39 is 22.1 Å². The molecule has 1 saturated heterocycles. The van der Waals surface area contributed by atoms with Crippen molar-refractivity contribution in [3.05, 3.63) is 17.5 Å². The number of nitrogens with one attached hydrogen (secondary N) is 1. The van der Waals surface area contributed by atoms with Crippen molar-refractivity contribution in [3.63, 3.8) is 0 Å².